The summed E-state index contributed by atoms with van der Waals surface area (Å²) >= 11 is 0. The van der Waals surface area contributed by atoms with Gasteiger partial charge in [0.05, 0.1) is 19.6 Å². The standard InChI is InChI=1S/C18H25N3O3/c1-13(2)11-20-17(22)10-16-18(23)19-7-8-21(16)12-14-5-4-6-15(9-14)24-3/h4-6,9,16H,1,7-8,10-12H2,2-3H3,(H,19,23)(H,20,22)/t16-/m0/s1. The van der Waals surface area contributed by atoms with Gasteiger partial charge in [0.2, 0.25) is 11.8 Å². The molecule has 6 heteroatoms. The van der Waals surface area contributed by atoms with Gasteiger partial charge in [-0.1, -0.05) is 24.3 Å². The van der Waals surface area contributed by atoms with Gasteiger partial charge in [0.1, 0.15) is 5.75 Å². The number of nitrogens with one attached hydrogen (secondary N) is 2. The highest BCUT2D eigenvalue weighted by Crippen LogP contribution is 2.18. The van der Waals surface area contributed by atoms with Crippen LogP contribution in [0.2, 0.25) is 0 Å². The van der Waals surface area contributed by atoms with Crippen LogP contribution in [0, 0.1) is 0 Å². The third-order valence-electron chi connectivity index (χ3n) is 3.93. The lowest BCUT2D eigenvalue weighted by molar-refractivity contribution is -0.134. The molecule has 130 valence electrons. The summed E-state index contributed by atoms with van der Waals surface area (Å²) in [4.78, 5) is 26.3. The van der Waals surface area contributed by atoms with Crippen LogP contribution in [0.15, 0.2) is 36.4 Å². The highest BCUT2D eigenvalue weighted by Gasteiger charge is 2.31. The van der Waals surface area contributed by atoms with Crippen LogP contribution in [0.5, 0.6) is 5.75 Å². The Bertz CT molecular complexity index is 615. The van der Waals surface area contributed by atoms with E-state index < -0.39 is 6.04 Å². The van der Waals surface area contributed by atoms with Gasteiger partial charge in [-0.2, -0.15) is 0 Å². The van der Waals surface area contributed by atoms with E-state index in [9.17, 15) is 9.59 Å². The molecule has 6 nitrogen and oxygen atoms in total. The van der Waals surface area contributed by atoms with Crippen molar-refractivity contribution in [2.75, 3.05) is 26.7 Å². The van der Waals surface area contributed by atoms with Gasteiger partial charge in [-0.15, -0.1) is 0 Å². The minimum atomic E-state index is -0.463. The number of amides is 2. The highest BCUT2D eigenvalue weighted by molar-refractivity contribution is 5.88. The van der Waals surface area contributed by atoms with Gasteiger partial charge < -0.3 is 15.4 Å². The summed E-state index contributed by atoms with van der Waals surface area (Å²) in [6, 6.07) is 7.29. The fourth-order valence-corrected chi connectivity index (χ4v) is 2.68. The molecule has 1 heterocycles. The van der Waals surface area contributed by atoms with Gasteiger partial charge in [0.25, 0.3) is 0 Å². The van der Waals surface area contributed by atoms with Gasteiger partial charge in [0.15, 0.2) is 0 Å². The lowest BCUT2D eigenvalue weighted by Crippen LogP contribution is -2.56. The number of carbonyl (C=O) groups is 2. The molecule has 0 unspecified atom stereocenters. The van der Waals surface area contributed by atoms with Gasteiger partial charge in [-0.25, -0.2) is 0 Å². The zero-order valence-electron chi connectivity index (χ0n) is 14.3. The average molecular weight is 331 g/mol. The Balaban J connectivity index is 2.03. The molecule has 2 rings (SSSR count). The highest BCUT2D eigenvalue weighted by atomic mass is 16.5. The second-order valence-electron chi connectivity index (χ2n) is 6.07. The van der Waals surface area contributed by atoms with Crippen molar-refractivity contribution in [3.8, 4) is 5.75 Å². The van der Waals surface area contributed by atoms with E-state index in [0.29, 0.717) is 26.2 Å². The van der Waals surface area contributed by atoms with Crippen molar-refractivity contribution >= 4 is 11.8 Å². The van der Waals surface area contributed by atoms with E-state index in [1.54, 1.807) is 7.11 Å². The Kier molecular flexibility index (Phi) is 6.37. The molecule has 1 aromatic carbocycles. The fourth-order valence-electron chi connectivity index (χ4n) is 2.68. The average Bonchev–Trinajstić information content (AvgIpc) is 2.56. The maximum absolute atomic E-state index is 12.2. The summed E-state index contributed by atoms with van der Waals surface area (Å²) in [5.41, 5.74) is 1.93. The lowest BCUT2D eigenvalue weighted by atomic mass is 10.1. The van der Waals surface area contributed by atoms with Crippen LogP contribution in [-0.4, -0.2) is 49.5 Å². The summed E-state index contributed by atoms with van der Waals surface area (Å²) in [5, 5.41) is 5.63. The lowest BCUT2D eigenvalue weighted by Gasteiger charge is -2.34. The van der Waals surface area contributed by atoms with Gasteiger partial charge in [-0.05, 0) is 24.6 Å². The number of rotatable bonds is 7. The molecule has 0 bridgehead atoms. The monoisotopic (exact) mass is 331 g/mol. The van der Waals surface area contributed by atoms with E-state index in [1.165, 1.54) is 0 Å². The first-order valence-electron chi connectivity index (χ1n) is 8.05. The number of methoxy groups -OCH3 is 1. The number of hydrogen-bond donors (Lipinski definition) is 2. The maximum Gasteiger partial charge on any atom is 0.237 e. The van der Waals surface area contributed by atoms with Crippen LogP contribution in [0.1, 0.15) is 18.9 Å². The molecule has 0 aromatic heterocycles. The molecular formula is C18H25N3O3. The van der Waals surface area contributed by atoms with Crippen molar-refractivity contribution in [2.45, 2.75) is 25.9 Å². The molecular weight excluding hydrogens is 306 g/mol. The number of benzene rings is 1. The quantitative estimate of drug-likeness (QED) is 0.734. The molecule has 0 spiro atoms. The van der Waals surface area contributed by atoms with Crippen LogP contribution in [0.25, 0.3) is 0 Å². The normalized spacial score (nSPS) is 17.9. The summed E-state index contributed by atoms with van der Waals surface area (Å²) < 4.78 is 5.24. The smallest absolute Gasteiger partial charge is 0.237 e. The Morgan fingerprint density at radius 3 is 3.00 bits per heavy atom. The minimum absolute atomic E-state index is 0.102. The molecule has 1 fully saturated rings. The van der Waals surface area contributed by atoms with E-state index >= 15 is 0 Å². The third kappa shape index (κ3) is 5.09. The molecule has 1 atom stereocenters. The number of hydrogen-bond acceptors (Lipinski definition) is 4. The van der Waals surface area contributed by atoms with Crippen molar-refractivity contribution < 1.29 is 14.3 Å². The first-order chi connectivity index (χ1) is 11.5. The topological polar surface area (TPSA) is 70.7 Å². The van der Waals surface area contributed by atoms with Crippen molar-refractivity contribution in [3.63, 3.8) is 0 Å². The second-order valence-corrected chi connectivity index (χ2v) is 6.07. The zero-order valence-corrected chi connectivity index (χ0v) is 14.3. The van der Waals surface area contributed by atoms with Crippen molar-refractivity contribution in [3.05, 3.63) is 42.0 Å². The SMILES string of the molecule is C=C(C)CNC(=O)C[C@H]1C(=O)NCCN1Cc1cccc(OC)c1. The Morgan fingerprint density at radius 1 is 1.50 bits per heavy atom. The minimum Gasteiger partial charge on any atom is -0.497 e. The van der Waals surface area contributed by atoms with Crippen molar-refractivity contribution in [1.29, 1.82) is 0 Å². The van der Waals surface area contributed by atoms with Crippen LogP contribution in [-0.2, 0) is 16.1 Å². The third-order valence-corrected chi connectivity index (χ3v) is 3.93. The van der Waals surface area contributed by atoms with E-state index in [4.69, 9.17) is 4.74 Å². The van der Waals surface area contributed by atoms with Crippen LogP contribution in [0.4, 0.5) is 0 Å². The Hall–Kier alpha value is -2.34. The first-order valence-corrected chi connectivity index (χ1v) is 8.05. The Labute approximate surface area is 142 Å². The molecule has 0 saturated carbocycles. The van der Waals surface area contributed by atoms with Crippen LogP contribution >= 0.6 is 0 Å². The largest absolute Gasteiger partial charge is 0.497 e. The van der Waals surface area contributed by atoms with Crippen molar-refractivity contribution in [1.82, 2.24) is 15.5 Å². The molecule has 0 radical (unpaired) electrons. The number of nitrogens with zero attached hydrogens (tertiary/aromatic N) is 1. The molecule has 2 amide bonds. The predicted molar refractivity (Wildman–Crippen MR) is 92.6 cm³/mol. The Morgan fingerprint density at radius 2 is 2.29 bits per heavy atom. The van der Waals surface area contributed by atoms with Gasteiger partial charge >= 0.3 is 0 Å². The fraction of sp³-hybridized carbons (Fsp3) is 0.444. The molecule has 24 heavy (non-hydrogen) atoms. The molecule has 1 aromatic rings. The first kappa shape index (κ1) is 18.0. The number of ether oxygens (including phenoxy) is 1. The summed E-state index contributed by atoms with van der Waals surface area (Å²) in [5.74, 6) is 0.537. The molecule has 0 aliphatic carbocycles. The predicted octanol–water partition coefficient (Wildman–Crippen LogP) is 1.08. The van der Waals surface area contributed by atoms with E-state index in [0.717, 1.165) is 16.9 Å². The van der Waals surface area contributed by atoms with E-state index in [2.05, 4.69) is 17.2 Å². The van der Waals surface area contributed by atoms with Gasteiger partial charge in [0, 0.05) is 26.2 Å². The maximum atomic E-state index is 12.2. The van der Waals surface area contributed by atoms with Crippen LogP contribution < -0.4 is 15.4 Å². The van der Waals surface area contributed by atoms with Crippen molar-refractivity contribution in [2.24, 2.45) is 0 Å². The second kappa shape index (κ2) is 8.49. The van der Waals surface area contributed by atoms with E-state index in [1.807, 2.05) is 36.1 Å². The molecule has 1 saturated heterocycles. The number of piperazine rings is 1. The van der Waals surface area contributed by atoms with Gasteiger partial charge in [-0.3, -0.25) is 14.5 Å². The molecule has 2 N–H and O–H groups in total. The molecule has 1 aliphatic heterocycles. The van der Waals surface area contributed by atoms with Crippen LogP contribution in [0.3, 0.4) is 0 Å². The summed E-state index contributed by atoms with van der Waals surface area (Å²) in [6.45, 7) is 7.94. The summed E-state index contributed by atoms with van der Waals surface area (Å²) in [6.07, 6.45) is 0.142. The zero-order chi connectivity index (χ0) is 17.5. The number of carbonyl (C=O) groups excluding carboxylic acids is 2. The summed E-state index contributed by atoms with van der Waals surface area (Å²) in [7, 11) is 1.63. The van der Waals surface area contributed by atoms with E-state index in [-0.39, 0.29) is 18.2 Å². The molecule has 1 aliphatic rings.